The van der Waals surface area contributed by atoms with Gasteiger partial charge in [0.15, 0.2) is 0 Å². The molecule has 0 unspecified atom stereocenters. The van der Waals surface area contributed by atoms with E-state index in [1.54, 1.807) is 6.20 Å². The molecular weight excluding hydrogens is 228 g/mol. The number of H-pyrrole nitrogens is 1. The van der Waals surface area contributed by atoms with Crippen molar-refractivity contribution in [3.8, 4) is 0 Å². The van der Waals surface area contributed by atoms with Gasteiger partial charge >= 0.3 is 6.03 Å². The number of likely N-dealkylation sites (tertiary alicyclic amines) is 1. The number of hydrogen-bond acceptors (Lipinski definition) is 2. The second kappa shape index (κ2) is 6.42. The number of carbonyl (C=O) groups is 1. The highest BCUT2D eigenvalue weighted by Crippen LogP contribution is 2.15. The molecule has 0 aliphatic carbocycles. The summed E-state index contributed by atoms with van der Waals surface area (Å²) in [6.07, 6.45) is 7.62. The Labute approximate surface area is 108 Å². The monoisotopic (exact) mass is 250 g/mol. The standard InChI is InChI=1S/C13H22N4O/c1-11-4-9-17(10-5-11)13(18)16-6-2-3-12-14-7-8-15-12/h7-8,11H,2-6,9-10H2,1H3,(H,14,15)(H,16,18). The molecule has 0 radical (unpaired) electrons. The van der Waals surface area contributed by atoms with Crippen molar-refractivity contribution < 1.29 is 4.79 Å². The van der Waals surface area contributed by atoms with E-state index in [1.807, 2.05) is 11.1 Å². The Kier molecular flexibility index (Phi) is 4.61. The zero-order chi connectivity index (χ0) is 12.8. The second-order valence-corrected chi connectivity index (χ2v) is 5.04. The molecule has 1 aliphatic heterocycles. The number of piperidine rings is 1. The van der Waals surface area contributed by atoms with Gasteiger partial charge in [0.2, 0.25) is 0 Å². The Morgan fingerprint density at radius 2 is 2.33 bits per heavy atom. The smallest absolute Gasteiger partial charge is 0.317 e. The summed E-state index contributed by atoms with van der Waals surface area (Å²) in [7, 11) is 0. The van der Waals surface area contributed by atoms with Gasteiger partial charge in [-0.25, -0.2) is 9.78 Å². The first-order valence-electron chi connectivity index (χ1n) is 6.76. The van der Waals surface area contributed by atoms with E-state index in [2.05, 4.69) is 22.2 Å². The van der Waals surface area contributed by atoms with E-state index in [9.17, 15) is 4.79 Å². The van der Waals surface area contributed by atoms with Crippen molar-refractivity contribution in [3.63, 3.8) is 0 Å². The molecule has 2 amide bonds. The van der Waals surface area contributed by atoms with Gasteiger partial charge in [0.25, 0.3) is 0 Å². The molecule has 0 aromatic carbocycles. The second-order valence-electron chi connectivity index (χ2n) is 5.04. The van der Waals surface area contributed by atoms with Crippen LogP contribution in [0.3, 0.4) is 0 Å². The summed E-state index contributed by atoms with van der Waals surface area (Å²) in [4.78, 5) is 21.0. The van der Waals surface area contributed by atoms with Gasteiger partial charge in [0.05, 0.1) is 0 Å². The van der Waals surface area contributed by atoms with E-state index in [0.29, 0.717) is 6.54 Å². The molecule has 18 heavy (non-hydrogen) atoms. The molecule has 5 nitrogen and oxygen atoms in total. The number of nitrogens with one attached hydrogen (secondary N) is 2. The van der Waals surface area contributed by atoms with E-state index in [-0.39, 0.29) is 6.03 Å². The third-order valence-electron chi connectivity index (χ3n) is 3.49. The number of amides is 2. The fourth-order valence-electron chi connectivity index (χ4n) is 2.21. The SMILES string of the molecule is CC1CCN(C(=O)NCCCc2ncc[nH]2)CC1. The van der Waals surface area contributed by atoms with Crippen LogP contribution >= 0.6 is 0 Å². The Morgan fingerprint density at radius 1 is 1.56 bits per heavy atom. The number of nitrogens with zero attached hydrogens (tertiary/aromatic N) is 2. The summed E-state index contributed by atoms with van der Waals surface area (Å²) in [5.74, 6) is 1.74. The molecule has 1 fully saturated rings. The average molecular weight is 250 g/mol. The fraction of sp³-hybridized carbons (Fsp3) is 0.692. The Morgan fingerprint density at radius 3 is 3.00 bits per heavy atom. The van der Waals surface area contributed by atoms with Crippen molar-refractivity contribution in [2.45, 2.75) is 32.6 Å². The average Bonchev–Trinajstić information content (AvgIpc) is 2.88. The summed E-state index contributed by atoms with van der Waals surface area (Å²) >= 11 is 0. The molecule has 1 aromatic heterocycles. The maximum Gasteiger partial charge on any atom is 0.317 e. The van der Waals surface area contributed by atoms with Gasteiger partial charge in [-0.1, -0.05) is 6.92 Å². The predicted octanol–water partition coefficient (Wildman–Crippen LogP) is 1.78. The number of imidazole rings is 1. The largest absolute Gasteiger partial charge is 0.349 e. The number of aryl methyl sites for hydroxylation is 1. The molecule has 0 saturated carbocycles. The van der Waals surface area contributed by atoms with Crippen molar-refractivity contribution in [1.29, 1.82) is 0 Å². The summed E-state index contributed by atoms with van der Waals surface area (Å²) in [6, 6.07) is 0.0846. The van der Waals surface area contributed by atoms with Gasteiger partial charge in [0.1, 0.15) is 5.82 Å². The molecule has 0 spiro atoms. The normalized spacial score (nSPS) is 16.8. The minimum Gasteiger partial charge on any atom is -0.349 e. The fourth-order valence-corrected chi connectivity index (χ4v) is 2.21. The van der Waals surface area contributed by atoms with Crippen LogP contribution in [0.1, 0.15) is 32.0 Å². The van der Waals surface area contributed by atoms with Crippen LogP contribution in [0.25, 0.3) is 0 Å². The maximum absolute atomic E-state index is 11.9. The lowest BCUT2D eigenvalue weighted by Crippen LogP contribution is -2.44. The van der Waals surface area contributed by atoms with Gasteiger partial charge in [-0.05, 0) is 25.2 Å². The summed E-state index contributed by atoms with van der Waals surface area (Å²) < 4.78 is 0. The van der Waals surface area contributed by atoms with Gasteiger partial charge in [-0.2, -0.15) is 0 Å². The molecule has 5 heteroatoms. The molecule has 2 heterocycles. The van der Waals surface area contributed by atoms with Crippen LogP contribution in [-0.2, 0) is 6.42 Å². The minimum absolute atomic E-state index is 0.0846. The lowest BCUT2D eigenvalue weighted by molar-refractivity contribution is 0.174. The predicted molar refractivity (Wildman–Crippen MR) is 70.3 cm³/mol. The molecular formula is C13H22N4O. The van der Waals surface area contributed by atoms with E-state index in [0.717, 1.165) is 50.5 Å². The Balaban J connectivity index is 1.60. The first-order chi connectivity index (χ1) is 8.75. The first-order valence-corrected chi connectivity index (χ1v) is 6.76. The van der Waals surface area contributed by atoms with E-state index in [1.165, 1.54) is 0 Å². The highest BCUT2D eigenvalue weighted by molar-refractivity contribution is 5.74. The maximum atomic E-state index is 11.9. The van der Waals surface area contributed by atoms with Crippen molar-refractivity contribution in [2.75, 3.05) is 19.6 Å². The topological polar surface area (TPSA) is 61.0 Å². The van der Waals surface area contributed by atoms with Crippen molar-refractivity contribution in [1.82, 2.24) is 20.2 Å². The third-order valence-corrected chi connectivity index (χ3v) is 3.49. The summed E-state index contributed by atoms with van der Waals surface area (Å²) in [5, 5.41) is 2.97. The number of carbonyl (C=O) groups excluding carboxylic acids is 1. The molecule has 0 atom stereocenters. The van der Waals surface area contributed by atoms with E-state index >= 15 is 0 Å². The van der Waals surface area contributed by atoms with E-state index in [4.69, 9.17) is 0 Å². The number of aromatic amines is 1. The summed E-state index contributed by atoms with van der Waals surface area (Å²) in [5.41, 5.74) is 0. The van der Waals surface area contributed by atoms with Crippen molar-refractivity contribution in [3.05, 3.63) is 18.2 Å². The molecule has 0 bridgehead atoms. The highest BCUT2D eigenvalue weighted by Gasteiger charge is 2.19. The van der Waals surface area contributed by atoms with Crippen molar-refractivity contribution >= 4 is 6.03 Å². The third kappa shape index (κ3) is 3.75. The molecule has 1 aromatic rings. The molecule has 2 rings (SSSR count). The first kappa shape index (κ1) is 12.9. The van der Waals surface area contributed by atoms with Gasteiger partial charge in [-0.15, -0.1) is 0 Å². The Hall–Kier alpha value is -1.52. The van der Waals surface area contributed by atoms with Gasteiger partial charge in [-0.3, -0.25) is 0 Å². The number of urea groups is 1. The van der Waals surface area contributed by atoms with Crippen LogP contribution in [0.2, 0.25) is 0 Å². The highest BCUT2D eigenvalue weighted by atomic mass is 16.2. The number of aromatic nitrogens is 2. The van der Waals surface area contributed by atoms with Crippen LogP contribution in [0.4, 0.5) is 4.79 Å². The molecule has 100 valence electrons. The minimum atomic E-state index is 0.0846. The van der Waals surface area contributed by atoms with Crippen LogP contribution in [0, 0.1) is 5.92 Å². The van der Waals surface area contributed by atoms with Crippen LogP contribution in [-0.4, -0.2) is 40.5 Å². The van der Waals surface area contributed by atoms with Crippen LogP contribution in [0.5, 0.6) is 0 Å². The number of rotatable bonds is 4. The van der Waals surface area contributed by atoms with Crippen molar-refractivity contribution in [2.24, 2.45) is 5.92 Å². The number of hydrogen-bond donors (Lipinski definition) is 2. The zero-order valence-corrected chi connectivity index (χ0v) is 11.0. The summed E-state index contributed by atoms with van der Waals surface area (Å²) in [6.45, 7) is 4.75. The molecule has 2 N–H and O–H groups in total. The lowest BCUT2D eigenvalue weighted by Gasteiger charge is -2.30. The Bertz CT molecular complexity index is 355. The molecule has 1 saturated heterocycles. The zero-order valence-electron chi connectivity index (χ0n) is 11.0. The van der Waals surface area contributed by atoms with E-state index < -0.39 is 0 Å². The molecule has 1 aliphatic rings. The van der Waals surface area contributed by atoms with Crippen LogP contribution in [0.15, 0.2) is 12.4 Å². The van der Waals surface area contributed by atoms with Gasteiger partial charge in [0, 0.05) is 38.4 Å². The van der Waals surface area contributed by atoms with Gasteiger partial charge < -0.3 is 15.2 Å². The lowest BCUT2D eigenvalue weighted by atomic mass is 10.00. The quantitative estimate of drug-likeness (QED) is 0.800. The van der Waals surface area contributed by atoms with Crippen LogP contribution < -0.4 is 5.32 Å².